The molecule has 0 aliphatic rings. The van der Waals surface area contributed by atoms with Crippen LogP contribution in [0.1, 0.15) is 24.9 Å². The van der Waals surface area contributed by atoms with E-state index >= 15 is 0 Å². The van der Waals surface area contributed by atoms with Gasteiger partial charge in [0.25, 0.3) is 5.95 Å². The SMILES string of the molecule is CCCc1nc(C)c(OC)c(F)n1. The minimum atomic E-state index is -0.571. The molecule has 0 unspecified atom stereocenters. The third-order valence-electron chi connectivity index (χ3n) is 1.72. The summed E-state index contributed by atoms with van der Waals surface area (Å²) in [6.45, 7) is 3.71. The van der Waals surface area contributed by atoms with Crippen molar-refractivity contribution >= 4 is 0 Å². The minimum absolute atomic E-state index is 0.139. The molecule has 0 fully saturated rings. The maximum absolute atomic E-state index is 13.2. The third kappa shape index (κ3) is 2.14. The molecule has 4 heteroatoms. The first-order valence-electron chi connectivity index (χ1n) is 4.26. The molecule has 0 radical (unpaired) electrons. The van der Waals surface area contributed by atoms with E-state index in [1.165, 1.54) is 7.11 Å². The van der Waals surface area contributed by atoms with Crippen molar-refractivity contribution in [2.45, 2.75) is 26.7 Å². The molecular weight excluding hydrogens is 171 g/mol. The number of methoxy groups -OCH3 is 1. The van der Waals surface area contributed by atoms with E-state index in [9.17, 15) is 4.39 Å². The zero-order valence-electron chi connectivity index (χ0n) is 8.09. The highest BCUT2D eigenvalue weighted by atomic mass is 19.1. The Bertz CT molecular complexity index is 279. The van der Waals surface area contributed by atoms with Crippen LogP contribution in [0.5, 0.6) is 5.75 Å². The quantitative estimate of drug-likeness (QED) is 0.673. The van der Waals surface area contributed by atoms with Crippen molar-refractivity contribution in [1.29, 1.82) is 0 Å². The Labute approximate surface area is 77.0 Å². The van der Waals surface area contributed by atoms with Crippen LogP contribution in [-0.4, -0.2) is 17.1 Å². The molecule has 0 aliphatic carbocycles. The molecule has 0 saturated heterocycles. The lowest BCUT2D eigenvalue weighted by atomic mass is 10.3. The summed E-state index contributed by atoms with van der Waals surface area (Å²) in [7, 11) is 1.41. The van der Waals surface area contributed by atoms with Crippen LogP contribution in [0.2, 0.25) is 0 Å². The fourth-order valence-corrected chi connectivity index (χ4v) is 1.15. The summed E-state index contributed by atoms with van der Waals surface area (Å²) in [5.74, 6) is 0.108. The predicted molar refractivity (Wildman–Crippen MR) is 47.3 cm³/mol. The fraction of sp³-hybridized carbons (Fsp3) is 0.556. The Morgan fingerprint density at radius 3 is 2.54 bits per heavy atom. The molecule has 3 nitrogen and oxygen atoms in total. The normalized spacial score (nSPS) is 10.2. The molecule has 0 amide bonds. The van der Waals surface area contributed by atoms with Crippen molar-refractivity contribution in [1.82, 2.24) is 9.97 Å². The van der Waals surface area contributed by atoms with Crippen LogP contribution in [-0.2, 0) is 6.42 Å². The van der Waals surface area contributed by atoms with Crippen molar-refractivity contribution in [3.05, 3.63) is 17.5 Å². The van der Waals surface area contributed by atoms with Gasteiger partial charge in [-0.1, -0.05) is 6.92 Å². The van der Waals surface area contributed by atoms with Crippen molar-refractivity contribution in [2.75, 3.05) is 7.11 Å². The van der Waals surface area contributed by atoms with Gasteiger partial charge in [-0.25, -0.2) is 9.97 Å². The summed E-state index contributed by atoms with van der Waals surface area (Å²) in [4.78, 5) is 7.81. The van der Waals surface area contributed by atoms with Gasteiger partial charge in [0, 0.05) is 6.42 Å². The molecule has 0 atom stereocenters. The van der Waals surface area contributed by atoms with Crippen LogP contribution in [0.4, 0.5) is 4.39 Å². The second-order valence-corrected chi connectivity index (χ2v) is 2.80. The second-order valence-electron chi connectivity index (χ2n) is 2.80. The molecule has 0 aliphatic heterocycles. The average Bonchev–Trinajstić information content (AvgIpc) is 2.04. The van der Waals surface area contributed by atoms with Gasteiger partial charge >= 0.3 is 0 Å². The number of aryl methyl sites for hydroxylation is 2. The zero-order chi connectivity index (χ0) is 9.84. The van der Waals surface area contributed by atoms with Gasteiger partial charge in [-0.2, -0.15) is 4.39 Å². The molecule has 1 aromatic heterocycles. The van der Waals surface area contributed by atoms with E-state index in [-0.39, 0.29) is 5.75 Å². The summed E-state index contributed by atoms with van der Waals surface area (Å²) >= 11 is 0. The van der Waals surface area contributed by atoms with Gasteiger partial charge in [-0.15, -0.1) is 0 Å². The molecule has 1 aromatic rings. The van der Waals surface area contributed by atoms with E-state index in [0.717, 1.165) is 6.42 Å². The predicted octanol–water partition coefficient (Wildman–Crippen LogP) is 1.89. The van der Waals surface area contributed by atoms with Gasteiger partial charge in [0.2, 0.25) is 0 Å². The molecule has 13 heavy (non-hydrogen) atoms. The maximum atomic E-state index is 13.2. The lowest BCUT2D eigenvalue weighted by molar-refractivity contribution is 0.369. The van der Waals surface area contributed by atoms with Gasteiger partial charge in [0.05, 0.1) is 12.8 Å². The summed E-state index contributed by atoms with van der Waals surface area (Å²) in [6, 6.07) is 0. The highest BCUT2D eigenvalue weighted by molar-refractivity contribution is 5.24. The summed E-state index contributed by atoms with van der Waals surface area (Å²) in [5, 5.41) is 0. The van der Waals surface area contributed by atoms with Crippen LogP contribution in [0.15, 0.2) is 0 Å². The standard InChI is InChI=1S/C9H13FN2O/c1-4-5-7-11-6(2)8(13-3)9(10)12-7/h4-5H2,1-3H3. The lowest BCUT2D eigenvalue weighted by Gasteiger charge is -2.05. The van der Waals surface area contributed by atoms with E-state index in [2.05, 4.69) is 9.97 Å². The summed E-state index contributed by atoms with van der Waals surface area (Å²) in [5.41, 5.74) is 0.554. The first kappa shape index (κ1) is 9.89. The Balaban J connectivity index is 3.05. The van der Waals surface area contributed by atoms with Crippen molar-refractivity contribution in [2.24, 2.45) is 0 Å². The Morgan fingerprint density at radius 1 is 1.38 bits per heavy atom. The number of hydrogen-bond acceptors (Lipinski definition) is 3. The van der Waals surface area contributed by atoms with E-state index in [1.54, 1.807) is 6.92 Å². The Hall–Kier alpha value is -1.19. The molecule has 0 spiro atoms. The third-order valence-corrected chi connectivity index (χ3v) is 1.72. The van der Waals surface area contributed by atoms with Gasteiger partial charge in [-0.3, -0.25) is 0 Å². The molecule has 0 bridgehead atoms. The van der Waals surface area contributed by atoms with Gasteiger partial charge in [0.15, 0.2) is 5.75 Å². The maximum Gasteiger partial charge on any atom is 0.258 e. The monoisotopic (exact) mass is 184 g/mol. The number of ether oxygens (including phenoxy) is 1. The van der Waals surface area contributed by atoms with E-state index in [4.69, 9.17) is 4.74 Å². The molecule has 1 heterocycles. The Morgan fingerprint density at radius 2 is 2.08 bits per heavy atom. The highest BCUT2D eigenvalue weighted by Crippen LogP contribution is 2.18. The van der Waals surface area contributed by atoms with Crippen LogP contribution >= 0.6 is 0 Å². The van der Waals surface area contributed by atoms with Crippen molar-refractivity contribution in [3.8, 4) is 5.75 Å². The topological polar surface area (TPSA) is 35.0 Å². The molecule has 1 rings (SSSR count). The van der Waals surface area contributed by atoms with Crippen LogP contribution in [0.3, 0.4) is 0 Å². The molecule has 0 saturated carbocycles. The van der Waals surface area contributed by atoms with Gasteiger partial charge in [-0.05, 0) is 13.3 Å². The van der Waals surface area contributed by atoms with E-state index in [1.807, 2.05) is 6.92 Å². The first-order chi connectivity index (χ1) is 6.19. The van der Waals surface area contributed by atoms with Crippen LogP contribution < -0.4 is 4.74 Å². The van der Waals surface area contributed by atoms with Crippen LogP contribution in [0, 0.1) is 12.9 Å². The average molecular weight is 184 g/mol. The summed E-state index contributed by atoms with van der Waals surface area (Å²) < 4.78 is 18.0. The first-order valence-corrected chi connectivity index (χ1v) is 4.26. The number of aromatic nitrogens is 2. The van der Waals surface area contributed by atoms with Crippen molar-refractivity contribution in [3.63, 3.8) is 0 Å². The fourth-order valence-electron chi connectivity index (χ4n) is 1.15. The number of hydrogen-bond donors (Lipinski definition) is 0. The smallest absolute Gasteiger partial charge is 0.258 e. The number of nitrogens with zero attached hydrogens (tertiary/aromatic N) is 2. The largest absolute Gasteiger partial charge is 0.490 e. The highest BCUT2D eigenvalue weighted by Gasteiger charge is 2.10. The molecule has 72 valence electrons. The Kier molecular flexibility index (Phi) is 3.17. The zero-order valence-corrected chi connectivity index (χ0v) is 8.09. The van der Waals surface area contributed by atoms with Crippen molar-refractivity contribution < 1.29 is 9.13 Å². The second kappa shape index (κ2) is 4.16. The van der Waals surface area contributed by atoms with E-state index in [0.29, 0.717) is 17.9 Å². The van der Waals surface area contributed by atoms with Crippen LogP contribution in [0.25, 0.3) is 0 Å². The molecule has 0 aromatic carbocycles. The van der Waals surface area contributed by atoms with E-state index < -0.39 is 5.95 Å². The van der Waals surface area contributed by atoms with Gasteiger partial charge in [0.1, 0.15) is 5.82 Å². The summed E-state index contributed by atoms with van der Waals surface area (Å²) in [6.07, 6.45) is 1.60. The molecular formula is C9H13FN2O. The number of rotatable bonds is 3. The minimum Gasteiger partial charge on any atom is -0.490 e. The number of halogens is 1. The van der Waals surface area contributed by atoms with Gasteiger partial charge < -0.3 is 4.74 Å². The lowest BCUT2D eigenvalue weighted by Crippen LogP contribution is -2.03. The molecule has 0 N–H and O–H groups in total.